The third kappa shape index (κ3) is 2.00. The number of nitro benzene ring substituents is 1. The number of nitrogens with zero attached hydrogens (tertiary/aromatic N) is 2. The highest BCUT2D eigenvalue weighted by molar-refractivity contribution is 14.1. The van der Waals surface area contributed by atoms with E-state index >= 15 is 0 Å². The van der Waals surface area contributed by atoms with Crippen molar-refractivity contribution in [2.75, 3.05) is 5.73 Å². The minimum atomic E-state index is -1.20. The molecule has 0 radical (unpaired) electrons. The quantitative estimate of drug-likeness (QED) is 0.500. The van der Waals surface area contributed by atoms with Crippen molar-refractivity contribution in [2.45, 2.75) is 0 Å². The fourth-order valence-electron chi connectivity index (χ4n) is 1.33. The van der Waals surface area contributed by atoms with Crippen LogP contribution in [0.25, 0.3) is 11.3 Å². The van der Waals surface area contributed by atoms with Gasteiger partial charge in [-0.25, -0.2) is 4.39 Å². The third-order valence-electron chi connectivity index (χ3n) is 2.12. The van der Waals surface area contributed by atoms with Crippen molar-refractivity contribution in [2.24, 2.45) is 0 Å². The summed E-state index contributed by atoms with van der Waals surface area (Å²) in [6, 6.07) is 1.27. The second-order valence-electron chi connectivity index (χ2n) is 3.25. The van der Waals surface area contributed by atoms with Gasteiger partial charge in [-0.15, -0.1) is 0 Å². The molecule has 0 saturated carbocycles. The molecule has 1 aromatic carbocycles. The highest BCUT2D eigenvalue weighted by Gasteiger charge is 2.25. The van der Waals surface area contributed by atoms with Crippen LogP contribution in [0.5, 0.6) is 0 Å². The Labute approximate surface area is 112 Å². The number of nitrogens with two attached hydrogens (primary N) is 1. The van der Waals surface area contributed by atoms with Crippen molar-refractivity contribution in [3.63, 3.8) is 0 Å². The number of anilines is 1. The van der Waals surface area contributed by atoms with Gasteiger partial charge in [-0.05, 0) is 28.7 Å². The van der Waals surface area contributed by atoms with E-state index in [2.05, 4.69) is 5.16 Å². The SMILES string of the molecule is Nc1noc(-c2cc(F)cc([N+](=O)[O-])c2F)c1I. The summed E-state index contributed by atoms with van der Waals surface area (Å²) >= 11 is 1.72. The van der Waals surface area contributed by atoms with Crippen molar-refractivity contribution < 1.29 is 18.2 Å². The van der Waals surface area contributed by atoms with Gasteiger partial charge in [-0.2, -0.15) is 4.39 Å². The molecule has 0 fully saturated rings. The predicted molar refractivity (Wildman–Crippen MR) is 65.6 cm³/mol. The van der Waals surface area contributed by atoms with Crippen molar-refractivity contribution in [1.29, 1.82) is 0 Å². The number of hydrogen-bond acceptors (Lipinski definition) is 5. The Hall–Kier alpha value is -1.78. The first-order chi connectivity index (χ1) is 8.41. The molecule has 0 aliphatic rings. The zero-order valence-corrected chi connectivity index (χ0v) is 10.6. The van der Waals surface area contributed by atoms with Gasteiger partial charge in [-0.3, -0.25) is 10.1 Å². The van der Waals surface area contributed by atoms with Crippen LogP contribution in [-0.2, 0) is 0 Å². The number of rotatable bonds is 2. The number of hydrogen-bond donors (Lipinski definition) is 1. The molecule has 0 atom stereocenters. The van der Waals surface area contributed by atoms with Crippen LogP contribution in [0, 0.1) is 25.3 Å². The fraction of sp³-hybridized carbons (Fsp3) is 0. The molecule has 0 aliphatic carbocycles. The summed E-state index contributed by atoms with van der Waals surface area (Å²) in [6.45, 7) is 0. The van der Waals surface area contributed by atoms with E-state index < -0.39 is 27.8 Å². The van der Waals surface area contributed by atoms with E-state index in [0.717, 1.165) is 6.07 Å². The summed E-state index contributed by atoms with van der Waals surface area (Å²) in [6.07, 6.45) is 0. The van der Waals surface area contributed by atoms with E-state index in [1.807, 2.05) is 0 Å². The molecule has 0 bridgehead atoms. The van der Waals surface area contributed by atoms with E-state index in [1.165, 1.54) is 0 Å². The van der Waals surface area contributed by atoms with Crippen LogP contribution in [0.2, 0.25) is 0 Å². The first-order valence-corrected chi connectivity index (χ1v) is 5.54. The van der Waals surface area contributed by atoms with Crippen molar-refractivity contribution in [3.8, 4) is 11.3 Å². The molecule has 94 valence electrons. The molecular weight excluding hydrogens is 363 g/mol. The summed E-state index contributed by atoms with van der Waals surface area (Å²) in [5.41, 5.74) is 4.03. The van der Waals surface area contributed by atoms with Gasteiger partial charge in [0.1, 0.15) is 9.39 Å². The summed E-state index contributed by atoms with van der Waals surface area (Å²) in [5.74, 6) is -2.30. The molecule has 1 heterocycles. The zero-order chi connectivity index (χ0) is 13.4. The van der Waals surface area contributed by atoms with E-state index in [4.69, 9.17) is 10.3 Å². The van der Waals surface area contributed by atoms with Crippen LogP contribution >= 0.6 is 22.6 Å². The highest BCUT2D eigenvalue weighted by atomic mass is 127. The Bertz CT molecular complexity index is 644. The molecule has 9 heteroatoms. The first-order valence-electron chi connectivity index (χ1n) is 4.46. The van der Waals surface area contributed by atoms with Crippen LogP contribution in [-0.4, -0.2) is 10.1 Å². The molecule has 1 aromatic heterocycles. The van der Waals surface area contributed by atoms with Crippen molar-refractivity contribution in [1.82, 2.24) is 5.16 Å². The average molecular weight is 367 g/mol. The highest BCUT2D eigenvalue weighted by Crippen LogP contribution is 2.34. The largest absolute Gasteiger partial charge is 0.380 e. The second-order valence-corrected chi connectivity index (χ2v) is 4.33. The van der Waals surface area contributed by atoms with Gasteiger partial charge in [0.2, 0.25) is 5.82 Å². The summed E-state index contributed by atoms with van der Waals surface area (Å²) in [7, 11) is 0. The molecule has 2 rings (SSSR count). The maximum Gasteiger partial charge on any atom is 0.308 e. The maximum atomic E-state index is 13.8. The molecule has 0 amide bonds. The third-order valence-corrected chi connectivity index (χ3v) is 3.16. The number of nitro groups is 1. The van der Waals surface area contributed by atoms with E-state index in [1.54, 1.807) is 22.6 Å². The van der Waals surface area contributed by atoms with Crippen molar-refractivity contribution in [3.05, 3.63) is 37.5 Å². The van der Waals surface area contributed by atoms with Crippen molar-refractivity contribution >= 4 is 34.1 Å². The zero-order valence-electron chi connectivity index (χ0n) is 8.49. The first kappa shape index (κ1) is 12.7. The van der Waals surface area contributed by atoms with Crippen LogP contribution in [0.3, 0.4) is 0 Å². The standard InChI is InChI=1S/C9H4F2IN3O3/c10-3-1-4(6(11)5(2-3)15(16)17)8-7(12)9(13)14-18-8/h1-2H,(H2,13,14). The van der Waals surface area contributed by atoms with Gasteiger partial charge >= 0.3 is 5.69 Å². The summed E-state index contributed by atoms with van der Waals surface area (Å²) in [4.78, 5) is 9.55. The van der Waals surface area contributed by atoms with E-state index in [9.17, 15) is 18.9 Å². The Balaban J connectivity index is 2.72. The number of benzene rings is 1. The Morgan fingerprint density at radius 3 is 2.61 bits per heavy atom. The summed E-state index contributed by atoms with van der Waals surface area (Å²) in [5, 5.41) is 13.9. The molecule has 18 heavy (non-hydrogen) atoms. The smallest absolute Gasteiger partial charge is 0.308 e. The predicted octanol–water partition coefficient (Wildman–Crippen LogP) is 2.71. The van der Waals surface area contributed by atoms with Crippen LogP contribution in [0.1, 0.15) is 0 Å². The number of nitrogen functional groups attached to an aromatic ring is 1. The van der Waals surface area contributed by atoms with Gasteiger partial charge in [-0.1, -0.05) is 5.16 Å². The molecule has 0 saturated heterocycles. The minimum Gasteiger partial charge on any atom is -0.380 e. The monoisotopic (exact) mass is 367 g/mol. The van der Waals surface area contributed by atoms with Gasteiger partial charge in [0.05, 0.1) is 16.6 Å². The summed E-state index contributed by atoms with van der Waals surface area (Å²) < 4.78 is 32.1. The minimum absolute atomic E-state index is 0.00286. The molecule has 0 spiro atoms. The van der Waals surface area contributed by atoms with Gasteiger partial charge in [0, 0.05) is 0 Å². The van der Waals surface area contributed by atoms with Gasteiger partial charge in [0.15, 0.2) is 11.6 Å². The van der Waals surface area contributed by atoms with Crippen LogP contribution in [0.15, 0.2) is 16.7 Å². The second kappa shape index (κ2) is 4.48. The Morgan fingerprint density at radius 1 is 1.44 bits per heavy atom. The Morgan fingerprint density at radius 2 is 2.11 bits per heavy atom. The number of halogens is 3. The van der Waals surface area contributed by atoms with Crippen LogP contribution < -0.4 is 5.73 Å². The lowest BCUT2D eigenvalue weighted by Gasteiger charge is -2.01. The molecule has 2 aromatic rings. The lowest BCUT2D eigenvalue weighted by Crippen LogP contribution is -1.97. The molecule has 0 unspecified atom stereocenters. The van der Waals surface area contributed by atoms with Crippen LogP contribution in [0.4, 0.5) is 20.3 Å². The lowest BCUT2D eigenvalue weighted by atomic mass is 10.1. The molecular formula is C9H4F2IN3O3. The Kier molecular flexibility index (Phi) is 3.15. The average Bonchev–Trinajstić information content (AvgIpc) is 2.62. The fourth-order valence-corrected chi connectivity index (χ4v) is 1.82. The van der Waals surface area contributed by atoms with E-state index in [-0.39, 0.29) is 15.1 Å². The molecule has 2 N–H and O–H groups in total. The molecule has 0 aliphatic heterocycles. The normalized spacial score (nSPS) is 10.6. The maximum absolute atomic E-state index is 13.8. The van der Waals surface area contributed by atoms with Gasteiger partial charge < -0.3 is 10.3 Å². The number of aromatic nitrogens is 1. The van der Waals surface area contributed by atoms with E-state index in [0.29, 0.717) is 6.07 Å². The van der Waals surface area contributed by atoms with Gasteiger partial charge in [0.25, 0.3) is 0 Å². The lowest BCUT2D eigenvalue weighted by molar-refractivity contribution is -0.387. The molecule has 6 nitrogen and oxygen atoms in total. The topological polar surface area (TPSA) is 95.2 Å².